The summed E-state index contributed by atoms with van der Waals surface area (Å²) >= 11 is 4.42. The van der Waals surface area contributed by atoms with Crippen LogP contribution in [0.4, 0.5) is 0 Å². The topological polar surface area (TPSA) is 37.3 Å². The Balaban J connectivity index is -0.000000366. The maximum absolute atomic E-state index is 10.2. The average molecular weight is 679 g/mol. The second-order valence-electron chi connectivity index (χ2n) is 5.19. The molecule has 28 heavy (non-hydrogen) atoms. The molecule has 1 atom stereocenters. The summed E-state index contributed by atoms with van der Waals surface area (Å²) in [6, 6.07) is 15.4. The van der Waals surface area contributed by atoms with Crippen LogP contribution >= 0.6 is 45.2 Å². The quantitative estimate of drug-likeness (QED) is 0.167. The van der Waals surface area contributed by atoms with E-state index in [2.05, 4.69) is 65.3 Å². The first-order valence-corrected chi connectivity index (χ1v) is 10.3. The van der Waals surface area contributed by atoms with Crippen LogP contribution in [0, 0.1) is 14.1 Å². The van der Waals surface area contributed by atoms with Gasteiger partial charge in [-0.3, -0.25) is 4.79 Å². The standard InChI is InChI=1S/C11H13IO.C7H5IO.C4H7.BrH.Mg/c1-2-3-7-11(13)9-5-4-6-10(12)8-9;8-7-3-1-2-6(4-7)5-9;1-3-4-2;;/h2,4-6,8,11,13H,1,3,7H2;1-5H;3H,1-2,4H2;1H;/q;;-1;;+2/p-1. The predicted octanol–water partition coefficient (Wildman–Crippen LogP) is 3.41. The van der Waals surface area contributed by atoms with Crippen molar-refractivity contribution in [3.8, 4) is 0 Å². The Morgan fingerprint density at radius 1 is 1.04 bits per heavy atom. The van der Waals surface area contributed by atoms with E-state index in [4.69, 9.17) is 0 Å². The summed E-state index contributed by atoms with van der Waals surface area (Å²) in [6.45, 7) is 10.5. The van der Waals surface area contributed by atoms with E-state index in [-0.39, 0.29) is 46.1 Å². The van der Waals surface area contributed by atoms with Gasteiger partial charge < -0.3 is 29.0 Å². The smallest absolute Gasteiger partial charge is 1.00 e. The first-order chi connectivity index (χ1) is 12.5. The number of aldehydes is 1. The summed E-state index contributed by atoms with van der Waals surface area (Å²) in [4.78, 5) is 10.2. The van der Waals surface area contributed by atoms with Crippen molar-refractivity contribution >= 4 is 74.5 Å². The molecule has 0 bridgehead atoms. The van der Waals surface area contributed by atoms with Crippen molar-refractivity contribution < 1.29 is 26.9 Å². The van der Waals surface area contributed by atoms with Crippen molar-refractivity contribution in [1.29, 1.82) is 0 Å². The molecule has 0 saturated carbocycles. The number of halogens is 3. The van der Waals surface area contributed by atoms with Gasteiger partial charge in [0.1, 0.15) is 6.29 Å². The van der Waals surface area contributed by atoms with Gasteiger partial charge in [-0.25, -0.2) is 0 Å². The van der Waals surface area contributed by atoms with Crippen molar-refractivity contribution in [1.82, 2.24) is 0 Å². The van der Waals surface area contributed by atoms with Gasteiger partial charge in [0.2, 0.25) is 0 Å². The molecule has 148 valence electrons. The van der Waals surface area contributed by atoms with Crippen molar-refractivity contribution in [3.05, 3.63) is 99.0 Å². The first kappa shape index (κ1) is 32.9. The molecule has 0 aliphatic rings. The number of allylic oxidation sites excluding steroid dienone is 2. The van der Waals surface area contributed by atoms with Crippen LogP contribution in [0.5, 0.6) is 0 Å². The van der Waals surface area contributed by atoms with Gasteiger partial charge >= 0.3 is 23.1 Å². The molecule has 0 spiro atoms. The second kappa shape index (κ2) is 22.0. The summed E-state index contributed by atoms with van der Waals surface area (Å²) in [5.74, 6) is 0. The summed E-state index contributed by atoms with van der Waals surface area (Å²) in [7, 11) is 0. The summed E-state index contributed by atoms with van der Waals surface area (Å²) in [5.41, 5.74) is 1.73. The van der Waals surface area contributed by atoms with E-state index in [1.165, 1.54) is 0 Å². The zero-order valence-corrected chi connectivity index (χ0v) is 23.2. The molecule has 2 rings (SSSR count). The van der Waals surface area contributed by atoms with Crippen LogP contribution in [-0.4, -0.2) is 34.4 Å². The molecule has 0 amide bonds. The Morgan fingerprint density at radius 2 is 1.57 bits per heavy atom. The third kappa shape index (κ3) is 17.1. The van der Waals surface area contributed by atoms with E-state index < -0.39 is 0 Å². The Bertz CT molecular complexity index is 681. The third-order valence-electron chi connectivity index (χ3n) is 3.07. The molecule has 0 heterocycles. The molecule has 2 aromatic carbocycles. The molecular formula is C22H25BrI2MgO2. The molecule has 0 aliphatic carbocycles. The summed E-state index contributed by atoms with van der Waals surface area (Å²) in [5, 5.41) is 9.72. The van der Waals surface area contributed by atoms with E-state index >= 15 is 0 Å². The number of rotatable bonds is 6. The van der Waals surface area contributed by atoms with Crippen LogP contribution in [0.15, 0.2) is 73.8 Å². The van der Waals surface area contributed by atoms with Gasteiger partial charge in [0.25, 0.3) is 0 Å². The SMILES string of the molecule is C=CCCC(O)c1cccc(I)c1.C=CC[CH2-].O=Cc1cccc(I)c1.[Br-].[Mg+2]. The first-order valence-electron chi connectivity index (χ1n) is 8.13. The fraction of sp³-hybridized carbons (Fsp3) is 0.182. The van der Waals surface area contributed by atoms with E-state index in [1.54, 1.807) is 12.1 Å². The molecule has 1 N–H and O–H groups in total. The van der Waals surface area contributed by atoms with Crippen LogP contribution in [0.1, 0.15) is 41.3 Å². The van der Waals surface area contributed by atoms with Crippen LogP contribution in [0.2, 0.25) is 0 Å². The Morgan fingerprint density at radius 3 is 1.96 bits per heavy atom. The molecule has 0 aliphatic heterocycles. The average Bonchev–Trinajstić information content (AvgIpc) is 2.66. The zero-order chi connectivity index (χ0) is 19.8. The van der Waals surface area contributed by atoms with Gasteiger partial charge in [0.15, 0.2) is 0 Å². The van der Waals surface area contributed by atoms with Gasteiger partial charge in [0, 0.05) is 12.7 Å². The van der Waals surface area contributed by atoms with Gasteiger partial charge in [-0.2, -0.15) is 6.42 Å². The van der Waals surface area contributed by atoms with E-state index in [1.807, 2.05) is 48.5 Å². The van der Waals surface area contributed by atoms with Gasteiger partial charge in [-0.1, -0.05) is 30.3 Å². The molecule has 6 heteroatoms. The number of benzene rings is 2. The van der Waals surface area contributed by atoms with Crippen molar-refractivity contribution in [2.24, 2.45) is 0 Å². The normalized spacial score (nSPS) is 9.57. The maximum Gasteiger partial charge on any atom is 2.00 e. The molecule has 0 aromatic heterocycles. The minimum absolute atomic E-state index is 0. The number of carbonyl (C=O) groups excluding carboxylic acids is 1. The molecule has 0 radical (unpaired) electrons. The van der Waals surface area contributed by atoms with E-state index in [0.29, 0.717) is 0 Å². The second-order valence-corrected chi connectivity index (χ2v) is 7.68. The van der Waals surface area contributed by atoms with Crippen LogP contribution in [-0.2, 0) is 0 Å². The molecule has 0 saturated heterocycles. The van der Waals surface area contributed by atoms with E-state index in [9.17, 15) is 9.90 Å². The van der Waals surface area contributed by atoms with Gasteiger partial charge in [0.05, 0.1) is 6.10 Å². The van der Waals surface area contributed by atoms with Gasteiger partial charge in [-0.15, -0.1) is 19.2 Å². The van der Waals surface area contributed by atoms with Crippen molar-refractivity contribution in [3.63, 3.8) is 0 Å². The monoisotopic (exact) mass is 678 g/mol. The Hall–Kier alpha value is 0.256. The molecule has 2 aromatic rings. The summed E-state index contributed by atoms with van der Waals surface area (Å²) in [6.07, 6.45) is 6.53. The van der Waals surface area contributed by atoms with Crippen molar-refractivity contribution in [2.45, 2.75) is 25.4 Å². The predicted molar refractivity (Wildman–Crippen MR) is 134 cm³/mol. The van der Waals surface area contributed by atoms with Crippen LogP contribution in [0.3, 0.4) is 0 Å². The molecular weight excluding hydrogens is 654 g/mol. The largest absolute Gasteiger partial charge is 2.00 e. The maximum atomic E-state index is 10.2. The summed E-state index contributed by atoms with van der Waals surface area (Å²) < 4.78 is 2.25. The molecule has 2 nitrogen and oxygen atoms in total. The van der Waals surface area contributed by atoms with E-state index in [0.717, 1.165) is 43.8 Å². The minimum Gasteiger partial charge on any atom is -1.00 e. The van der Waals surface area contributed by atoms with Crippen LogP contribution < -0.4 is 17.0 Å². The number of hydrogen-bond acceptors (Lipinski definition) is 2. The number of aliphatic hydroxyl groups excluding tert-OH is 1. The number of carbonyl (C=O) groups is 1. The Labute approximate surface area is 223 Å². The third-order valence-corrected chi connectivity index (χ3v) is 4.41. The fourth-order valence-electron chi connectivity index (χ4n) is 1.74. The number of hydrogen-bond donors (Lipinski definition) is 1. The van der Waals surface area contributed by atoms with Gasteiger partial charge in [-0.05, 0) is 87.9 Å². The number of aliphatic hydroxyl groups is 1. The fourth-order valence-corrected chi connectivity index (χ4v) is 2.87. The Kier molecular flexibility index (Phi) is 25.8. The molecule has 1 unspecified atom stereocenters. The zero-order valence-electron chi connectivity index (χ0n) is 15.9. The van der Waals surface area contributed by atoms with Crippen molar-refractivity contribution in [2.75, 3.05) is 0 Å². The minimum atomic E-state index is -0.354. The molecule has 0 fully saturated rings. The van der Waals surface area contributed by atoms with Crippen LogP contribution in [0.25, 0.3) is 0 Å².